The summed E-state index contributed by atoms with van der Waals surface area (Å²) in [5.41, 5.74) is 0.380. The standard InChI is InChI=1S/C8H8O6S.C5H4O3.C3H4O3S/c9-8-13-5-1-4-3-12-15(10,11)7(4)2-6(5)14-8;1-3-4(2)8-5(6)7-3;4-7(5)3-1-2-6-7/h4,7H,1-3H2;1-2H2;1,3H,2H2. The van der Waals surface area contributed by atoms with Gasteiger partial charge in [0.25, 0.3) is 20.2 Å². The highest BCUT2D eigenvalue weighted by Crippen LogP contribution is 2.35. The maximum Gasteiger partial charge on any atom is 0.519 e. The van der Waals surface area contributed by atoms with Crippen molar-refractivity contribution in [2.45, 2.75) is 18.1 Å². The first kappa shape index (κ1) is 22.0. The van der Waals surface area contributed by atoms with E-state index in [1.54, 1.807) is 0 Å². The van der Waals surface area contributed by atoms with Crippen molar-refractivity contribution in [2.75, 3.05) is 13.2 Å². The summed E-state index contributed by atoms with van der Waals surface area (Å²) >= 11 is 0. The molecule has 0 amide bonds. The summed E-state index contributed by atoms with van der Waals surface area (Å²) in [5.74, 6) is -0.834. The number of rotatable bonds is 0. The fourth-order valence-electron chi connectivity index (χ4n) is 2.81. The van der Waals surface area contributed by atoms with Crippen LogP contribution in [-0.4, -0.2) is 35.3 Å². The summed E-state index contributed by atoms with van der Waals surface area (Å²) in [7, 11) is -6.71. The molecule has 3 aliphatic rings. The van der Waals surface area contributed by atoms with E-state index in [1.165, 1.54) is 6.08 Å². The lowest BCUT2D eigenvalue weighted by atomic mass is 9.91. The van der Waals surface area contributed by atoms with Crippen molar-refractivity contribution in [3.05, 3.63) is 55.1 Å². The molecule has 2 aromatic rings. The lowest BCUT2D eigenvalue weighted by Gasteiger charge is -2.18. The number of hydrogen-bond acceptors (Lipinski definition) is 12. The van der Waals surface area contributed by atoms with Gasteiger partial charge in [-0.2, -0.15) is 16.8 Å². The van der Waals surface area contributed by atoms with Crippen molar-refractivity contribution < 1.29 is 42.9 Å². The van der Waals surface area contributed by atoms with Gasteiger partial charge < -0.3 is 17.7 Å². The van der Waals surface area contributed by atoms with Crippen molar-refractivity contribution in [3.8, 4) is 0 Å². The minimum Gasteiger partial charge on any atom is -0.396 e. The van der Waals surface area contributed by atoms with Crippen LogP contribution in [0.5, 0.6) is 0 Å². The first-order valence-electron chi connectivity index (χ1n) is 8.30. The Kier molecular flexibility index (Phi) is 6.03. The Labute approximate surface area is 168 Å². The number of fused-ring (bicyclic) bond motifs is 2. The SMILES string of the molecule is C=c1oc(=O)oc1=C.O=S1(=O)C=CCO1.O=c1oc2c(o1)CC1C(COS1(=O)=O)C2. The van der Waals surface area contributed by atoms with Gasteiger partial charge >= 0.3 is 11.6 Å². The van der Waals surface area contributed by atoms with Gasteiger partial charge in [-0.05, 0) is 6.08 Å². The van der Waals surface area contributed by atoms with Crippen molar-refractivity contribution in [3.63, 3.8) is 0 Å². The lowest BCUT2D eigenvalue weighted by Crippen LogP contribution is -2.30. The highest BCUT2D eigenvalue weighted by atomic mass is 32.2. The molecular weight excluding hydrogens is 448 g/mol. The van der Waals surface area contributed by atoms with E-state index < -0.39 is 37.1 Å². The first-order chi connectivity index (χ1) is 14.0. The molecule has 2 aliphatic heterocycles. The Balaban J connectivity index is 0.000000144. The second-order valence-electron chi connectivity index (χ2n) is 6.23. The van der Waals surface area contributed by atoms with Gasteiger partial charge in [0.15, 0.2) is 22.4 Å². The van der Waals surface area contributed by atoms with Crippen LogP contribution in [0.15, 0.2) is 38.7 Å². The fraction of sp³-hybridized carbons (Fsp3) is 0.375. The van der Waals surface area contributed by atoms with Crippen LogP contribution in [0.4, 0.5) is 0 Å². The normalized spacial score (nSPS) is 24.7. The summed E-state index contributed by atoms with van der Waals surface area (Å²) in [6.07, 6.45) is 2.02. The third kappa shape index (κ3) is 5.08. The van der Waals surface area contributed by atoms with Gasteiger partial charge in [0.05, 0.1) is 23.9 Å². The van der Waals surface area contributed by atoms with Gasteiger partial charge in [0.2, 0.25) is 0 Å². The molecule has 0 radical (unpaired) electrons. The molecule has 0 spiro atoms. The molecule has 14 heteroatoms. The van der Waals surface area contributed by atoms with Gasteiger partial charge in [-0.1, -0.05) is 13.2 Å². The molecule has 2 unspecified atom stereocenters. The average Bonchev–Trinajstić information content (AvgIpc) is 3.36. The molecule has 0 bridgehead atoms. The van der Waals surface area contributed by atoms with E-state index in [4.69, 9.17) is 13.0 Å². The maximum absolute atomic E-state index is 11.4. The molecule has 1 fully saturated rings. The zero-order chi connectivity index (χ0) is 22.1. The zero-order valence-electron chi connectivity index (χ0n) is 15.3. The molecule has 0 saturated carbocycles. The van der Waals surface area contributed by atoms with Crippen molar-refractivity contribution >= 4 is 33.4 Å². The lowest BCUT2D eigenvalue weighted by molar-refractivity contribution is 0.290. The Morgan fingerprint density at radius 1 is 0.833 bits per heavy atom. The third-order valence-electron chi connectivity index (χ3n) is 4.22. The molecular formula is C16H16O12S2. The topological polar surface area (TPSA) is 173 Å². The Morgan fingerprint density at radius 2 is 1.40 bits per heavy atom. The maximum atomic E-state index is 11.4. The van der Waals surface area contributed by atoms with Crippen LogP contribution in [0.2, 0.25) is 0 Å². The minimum absolute atomic E-state index is 0.122. The van der Waals surface area contributed by atoms with Gasteiger partial charge in [0.1, 0.15) is 0 Å². The summed E-state index contributed by atoms with van der Waals surface area (Å²) in [6, 6.07) is 0. The smallest absolute Gasteiger partial charge is 0.396 e. The molecule has 0 aromatic carbocycles. The van der Waals surface area contributed by atoms with Crippen LogP contribution in [0.25, 0.3) is 13.2 Å². The molecule has 5 rings (SSSR count). The Hall–Kier alpha value is -2.68. The molecule has 1 saturated heterocycles. The van der Waals surface area contributed by atoms with Gasteiger partial charge in [-0.15, -0.1) is 0 Å². The second-order valence-corrected chi connectivity index (χ2v) is 9.55. The summed E-state index contributed by atoms with van der Waals surface area (Å²) < 4.78 is 70.3. The van der Waals surface area contributed by atoms with E-state index in [-0.39, 0.29) is 36.4 Å². The summed E-state index contributed by atoms with van der Waals surface area (Å²) in [5, 5.41) is 0.457. The van der Waals surface area contributed by atoms with Crippen LogP contribution in [-0.2, 0) is 41.4 Å². The van der Waals surface area contributed by atoms with E-state index in [9.17, 15) is 26.4 Å². The zero-order valence-corrected chi connectivity index (χ0v) is 16.9. The van der Waals surface area contributed by atoms with Gasteiger partial charge in [0, 0.05) is 18.8 Å². The summed E-state index contributed by atoms with van der Waals surface area (Å²) in [4.78, 5) is 20.9. The van der Waals surface area contributed by atoms with E-state index in [0.717, 1.165) is 5.41 Å². The van der Waals surface area contributed by atoms with Crippen molar-refractivity contribution in [1.82, 2.24) is 0 Å². The summed E-state index contributed by atoms with van der Waals surface area (Å²) in [6.45, 7) is 7.00. The molecule has 4 heterocycles. The molecule has 1 aliphatic carbocycles. The van der Waals surface area contributed by atoms with Crippen LogP contribution < -0.4 is 22.5 Å². The predicted molar refractivity (Wildman–Crippen MR) is 98.4 cm³/mol. The molecule has 12 nitrogen and oxygen atoms in total. The molecule has 2 atom stereocenters. The van der Waals surface area contributed by atoms with Crippen LogP contribution in [0, 0.1) is 5.92 Å². The Morgan fingerprint density at radius 3 is 1.83 bits per heavy atom. The Bertz CT molecular complexity index is 1340. The van der Waals surface area contributed by atoms with Gasteiger partial charge in [-0.3, -0.25) is 8.37 Å². The molecule has 164 valence electrons. The molecule has 0 N–H and O–H groups in total. The van der Waals surface area contributed by atoms with Crippen LogP contribution >= 0.6 is 0 Å². The third-order valence-corrected chi connectivity index (χ3v) is 6.96. The van der Waals surface area contributed by atoms with E-state index in [2.05, 4.69) is 26.2 Å². The van der Waals surface area contributed by atoms with E-state index in [1.807, 2.05) is 0 Å². The molecule has 30 heavy (non-hydrogen) atoms. The predicted octanol–water partition coefficient (Wildman–Crippen LogP) is -1.41. The second kappa shape index (κ2) is 8.22. The fourth-order valence-corrected chi connectivity index (χ4v) is 5.01. The number of hydrogen-bond donors (Lipinski definition) is 0. The quantitative estimate of drug-likeness (QED) is 0.417. The highest BCUT2D eigenvalue weighted by molar-refractivity contribution is 7.89. The molecule has 2 aromatic heterocycles. The van der Waals surface area contributed by atoms with Crippen LogP contribution in [0.1, 0.15) is 11.5 Å². The van der Waals surface area contributed by atoms with E-state index in [0.29, 0.717) is 17.9 Å². The minimum atomic E-state index is -3.48. The first-order valence-corrected chi connectivity index (χ1v) is 11.2. The monoisotopic (exact) mass is 464 g/mol. The van der Waals surface area contributed by atoms with E-state index >= 15 is 0 Å². The van der Waals surface area contributed by atoms with Crippen molar-refractivity contribution in [1.29, 1.82) is 0 Å². The van der Waals surface area contributed by atoms with Gasteiger partial charge in [-0.25, -0.2) is 9.59 Å². The van der Waals surface area contributed by atoms with Crippen LogP contribution in [0.3, 0.4) is 0 Å². The average molecular weight is 464 g/mol. The van der Waals surface area contributed by atoms with Crippen molar-refractivity contribution in [2.24, 2.45) is 5.92 Å². The largest absolute Gasteiger partial charge is 0.519 e. The highest BCUT2D eigenvalue weighted by Gasteiger charge is 2.46.